The Morgan fingerprint density at radius 1 is 1.19 bits per heavy atom. The van der Waals surface area contributed by atoms with Crippen molar-refractivity contribution in [3.8, 4) is 0 Å². The molecule has 1 aromatic rings. The second-order valence-corrected chi connectivity index (χ2v) is 5.46. The predicted molar refractivity (Wildman–Crippen MR) is 89.6 cm³/mol. The van der Waals surface area contributed by atoms with Crippen LogP contribution in [0.3, 0.4) is 0 Å². The van der Waals surface area contributed by atoms with Crippen LogP contribution in [-0.4, -0.2) is 32.7 Å². The molecule has 0 aromatic heterocycles. The van der Waals surface area contributed by atoms with Gasteiger partial charge in [-0.3, -0.25) is 4.99 Å². The molecule has 0 saturated heterocycles. The van der Waals surface area contributed by atoms with Gasteiger partial charge in [0.2, 0.25) is 0 Å². The molecule has 118 valence electrons. The van der Waals surface area contributed by atoms with Gasteiger partial charge in [0, 0.05) is 20.2 Å². The number of nitrogens with zero attached hydrogens (tertiary/aromatic N) is 1. The zero-order valence-corrected chi connectivity index (χ0v) is 13.7. The van der Waals surface area contributed by atoms with E-state index >= 15 is 0 Å². The van der Waals surface area contributed by atoms with E-state index in [2.05, 4.69) is 48.5 Å². The van der Waals surface area contributed by atoms with Crippen LogP contribution in [0.15, 0.2) is 35.3 Å². The van der Waals surface area contributed by atoms with Crippen molar-refractivity contribution in [2.75, 3.05) is 26.7 Å². The lowest BCUT2D eigenvalue weighted by molar-refractivity contribution is 0.111. The van der Waals surface area contributed by atoms with Crippen molar-refractivity contribution >= 4 is 5.96 Å². The van der Waals surface area contributed by atoms with Crippen molar-refractivity contribution in [2.24, 2.45) is 10.9 Å². The largest absolute Gasteiger partial charge is 0.375 e. The number of aliphatic imine (C=N–C) groups is 1. The Morgan fingerprint density at radius 2 is 1.90 bits per heavy atom. The summed E-state index contributed by atoms with van der Waals surface area (Å²) >= 11 is 0. The molecule has 0 heterocycles. The highest BCUT2D eigenvalue weighted by Crippen LogP contribution is 2.16. The normalized spacial score (nSPS) is 13.3. The first-order valence-corrected chi connectivity index (χ1v) is 7.77. The van der Waals surface area contributed by atoms with E-state index in [4.69, 9.17) is 4.74 Å². The maximum Gasteiger partial charge on any atom is 0.191 e. The van der Waals surface area contributed by atoms with Gasteiger partial charge in [-0.25, -0.2) is 0 Å². The molecule has 1 atom stereocenters. The van der Waals surface area contributed by atoms with E-state index in [9.17, 15) is 0 Å². The number of guanidine groups is 1. The van der Waals surface area contributed by atoms with Gasteiger partial charge in [-0.2, -0.15) is 0 Å². The second-order valence-electron chi connectivity index (χ2n) is 5.46. The van der Waals surface area contributed by atoms with E-state index in [0.717, 1.165) is 31.0 Å². The maximum absolute atomic E-state index is 5.54. The van der Waals surface area contributed by atoms with Crippen LogP contribution in [0, 0.1) is 5.92 Å². The average Bonchev–Trinajstić information content (AvgIpc) is 2.48. The zero-order chi connectivity index (χ0) is 15.5. The molecule has 0 radical (unpaired) electrons. The summed E-state index contributed by atoms with van der Waals surface area (Å²) in [6.07, 6.45) is 1.13. The summed E-state index contributed by atoms with van der Waals surface area (Å²) in [5, 5.41) is 6.64. The highest BCUT2D eigenvalue weighted by Gasteiger charge is 2.09. The van der Waals surface area contributed by atoms with E-state index in [0.29, 0.717) is 12.5 Å². The van der Waals surface area contributed by atoms with Gasteiger partial charge < -0.3 is 15.4 Å². The van der Waals surface area contributed by atoms with Crippen molar-refractivity contribution < 1.29 is 4.74 Å². The smallest absolute Gasteiger partial charge is 0.191 e. The van der Waals surface area contributed by atoms with Crippen LogP contribution in [0.5, 0.6) is 0 Å². The summed E-state index contributed by atoms with van der Waals surface area (Å²) in [6, 6.07) is 10.2. The van der Waals surface area contributed by atoms with Crippen molar-refractivity contribution in [2.45, 2.75) is 33.3 Å². The fraction of sp³-hybridized carbons (Fsp3) is 0.588. The lowest BCUT2D eigenvalue weighted by atomic mass is 10.1. The third-order valence-electron chi connectivity index (χ3n) is 3.23. The summed E-state index contributed by atoms with van der Waals surface area (Å²) in [5.41, 5.74) is 1.15. The van der Waals surface area contributed by atoms with Gasteiger partial charge in [-0.1, -0.05) is 44.2 Å². The molecule has 0 amide bonds. The van der Waals surface area contributed by atoms with Gasteiger partial charge in [0.1, 0.15) is 6.10 Å². The van der Waals surface area contributed by atoms with E-state index in [-0.39, 0.29) is 6.10 Å². The first kappa shape index (κ1) is 17.5. The van der Waals surface area contributed by atoms with E-state index in [1.165, 1.54) is 0 Å². The van der Waals surface area contributed by atoms with Gasteiger partial charge in [0.05, 0.1) is 6.54 Å². The SMILES string of the molecule is CCNC(=NCC(OC)c1ccccc1)NCCC(C)C. The zero-order valence-electron chi connectivity index (χ0n) is 13.7. The summed E-state index contributed by atoms with van der Waals surface area (Å²) in [6.45, 7) is 8.93. The standard InChI is InChI=1S/C17H29N3O/c1-5-18-17(19-12-11-14(2)3)20-13-16(21-4)15-9-7-6-8-10-15/h6-10,14,16H,5,11-13H2,1-4H3,(H2,18,19,20). The van der Waals surface area contributed by atoms with Gasteiger partial charge in [-0.15, -0.1) is 0 Å². The molecule has 4 heteroatoms. The first-order chi connectivity index (χ1) is 10.2. The Hall–Kier alpha value is -1.55. The maximum atomic E-state index is 5.54. The van der Waals surface area contributed by atoms with Crippen LogP contribution in [0.4, 0.5) is 0 Å². The third-order valence-corrected chi connectivity index (χ3v) is 3.23. The highest BCUT2D eigenvalue weighted by atomic mass is 16.5. The van der Waals surface area contributed by atoms with Gasteiger partial charge in [0.15, 0.2) is 5.96 Å². The van der Waals surface area contributed by atoms with Crippen LogP contribution >= 0.6 is 0 Å². The van der Waals surface area contributed by atoms with Crippen molar-refractivity contribution in [3.05, 3.63) is 35.9 Å². The minimum atomic E-state index is -0.00763. The van der Waals surface area contributed by atoms with Crippen LogP contribution < -0.4 is 10.6 Å². The molecule has 0 spiro atoms. The molecule has 0 aliphatic rings. The summed E-state index contributed by atoms with van der Waals surface area (Å²) in [4.78, 5) is 4.63. The molecular formula is C17H29N3O. The topological polar surface area (TPSA) is 45.7 Å². The van der Waals surface area contributed by atoms with E-state index in [1.807, 2.05) is 18.2 Å². The lowest BCUT2D eigenvalue weighted by Gasteiger charge is -2.16. The minimum absolute atomic E-state index is 0.00763. The molecule has 0 bridgehead atoms. The number of rotatable bonds is 8. The first-order valence-electron chi connectivity index (χ1n) is 7.77. The molecule has 1 unspecified atom stereocenters. The number of ether oxygens (including phenoxy) is 1. The molecule has 0 fully saturated rings. The molecule has 21 heavy (non-hydrogen) atoms. The van der Waals surface area contributed by atoms with Crippen LogP contribution in [0.2, 0.25) is 0 Å². The average molecular weight is 291 g/mol. The van der Waals surface area contributed by atoms with Crippen molar-refractivity contribution in [1.82, 2.24) is 10.6 Å². The molecule has 0 aliphatic heterocycles. The van der Waals surface area contributed by atoms with Crippen molar-refractivity contribution in [3.63, 3.8) is 0 Å². The third kappa shape index (κ3) is 7.14. The van der Waals surface area contributed by atoms with Gasteiger partial charge in [0.25, 0.3) is 0 Å². The minimum Gasteiger partial charge on any atom is -0.375 e. The molecule has 0 aliphatic carbocycles. The summed E-state index contributed by atoms with van der Waals surface area (Å²) in [7, 11) is 1.73. The predicted octanol–water partition coefficient (Wildman–Crippen LogP) is 2.98. The fourth-order valence-corrected chi connectivity index (χ4v) is 1.98. The molecule has 0 saturated carbocycles. The Kier molecular flexibility index (Phi) is 8.51. The highest BCUT2D eigenvalue weighted by molar-refractivity contribution is 5.79. The monoisotopic (exact) mass is 291 g/mol. The second kappa shape index (κ2) is 10.2. The van der Waals surface area contributed by atoms with Crippen LogP contribution in [0.1, 0.15) is 38.9 Å². The van der Waals surface area contributed by atoms with Gasteiger partial charge >= 0.3 is 0 Å². The molecular weight excluding hydrogens is 262 g/mol. The number of methoxy groups -OCH3 is 1. The number of benzene rings is 1. The Morgan fingerprint density at radius 3 is 2.48 bits per heavy atom. The number of hydrogen-bond acceptors (Lipinski definition) is 2. The van der Waals surface area contributed by atoms with Gasteiger partial charge in [-0.05, 0) is 24.8 Å². The Bertz CT molecular complexity index is 404. The molecule has 1 aromatic carbocycles. The van der Waals surface area contributed by atoms with Crippen LogP contribution in [0.25, 0.3) is 0 Å². The van der Waals surface area contributed by atoms with E-state index in [1.54, 1.807) is 7.11 Å². The summed E-state index contributed by atoms with van der Waals surface area (Å²) in [5.74, 6) is 1.55. The molecule has 1 rings (SSSR count). The van der Waals surface area contributed by atoms with Crippen molar-refractivity contribution in [1.29, 1.82) is 0 Å². The Balaban J connectivity index is 2.58. The summed E-state index contributed by atoms with van der Waals surface area (Å²) < 4.78 is 5.54. The molecule has 4 nitrogen and oxygen atoms in total. The number of hydrogen-bond donors (Lipinski definition) is 2. The van der Waals surface area contributed by atoms with E-state index < -0.39 is 0 Å². The quantitative estimate of drug-likeness (QED) is 0.572. The Labute approximate surface area is 129 Å². The molecule has 2 N–H and O–H groups in total. The van der Waals surface area contributed by atoms with Crippen LogP contribution in [-0.2, 0) is 4.74 Å². The lowest BCUT2D eigenvalue weighted by Crippen LogP contribution is -2.38. The fourth-order valence-electron chi connectivity index (χ4n) is 1.98. The number of nitrogens with one attached hydrogen (secondary N) is 2.